The van der Waals surface area contributed by atoms with E-state index in [1.807, 2.05) is 0 Å². The molecule has 0 saturated carbocycles. The molecule has 0 fully saturated rings. The summed E-state index contributed by atoms with van der Waals surface area (Å²) in [6.07, 6.45) is 0.456. The van der Waals surface area contributed by atoms with Crippen LogP contribution >= 0.6 is 11.3 Å². The van der Waals surface area contributed by atoms with Gasteiger partial charge in [0.1, 0.15) is 10.0 Å². The fraction of sp³-hybridized carbons (Fsp3) is 0.312. The summed E-state index contributed by atoms with van der Waals surface area (Å²) in [6, 6.07) is 7.70. The fourth-order valence-corrected chi connectivity index (χ4v) is 4.50. The van der Waals surface area contributed by atoms with E-state index in [0.29, 0.717) is 6.42 Å². The van der Waals surface area contributed by atoms with Gasteiger partial charge in [0.25, 0.3) is 10.0 Å². The number of amides is 1. The number of nitrogens with zero attached hydrogens (tertiary/aromatic N) is 1. The third kappa shape index (κ3) is 4.62. The molecule has 0 saturated heterocycles. The van der Waals surface area contributed by atoms with Crippen molar-refractivity contribution in [1.82, 2.24) is 4.31 Å². The summed E-state index contributed by atoms with van der Waals surface area (Å²) in [5.74, 6) is -0.840. The SMILES string of the molecule is Cc1ccc(F)c(NC(=O)CCCN(C)S(=O)(=O)c2cccs2)c1. The molecule has 0 unspecified atom stereocenters. The summed E-state index contributed by atoms with van der Waals surface area (Å²) in [5, 5.41) is 4.21. The number of halogens is 1. The quantitative estimate of drug-likeness (QED) is 0.814. The van der Waals surface area contributed by atoms with Gasteiger partial charge in [0, 0.05) is 20.0 Å². The first-order chi connectivity index (χ1) is 11.3. The Bertz CT molecular complexity index is 805. The van der Waals surface area contributed by atoms with E-state index in [2.05, 4.69) is 5.32 Å². The van der Waals surface area contributed by atoms with Gasteiger partial charge < -0.3 is 5.32 Å². The molecule has 0 aliphatic carbocycles. The number of carbonyl (C=O) groups excluding carboxylic acids is 1. The molecule has 2 aromatic rings. The second-order valence-electron chi connectivity index (χ2n) is 5.39. The van der Waals surface area contributed by atoms with Crippen molar-refractivity contribution in [3.63, 3.8) is 0 Å². The Kier molecular flexibility index (Phi) is 6.09. The van der Waals surface area contributed by atoms with Crippen LogP contribution in [0.15, 0.2) is 39.9 Å². The molecule has 0 radical (unpaired) electrons. The second-order valence-corrected chi connectivity index (χ2v) is 8.61. The number of sulfonamides is 1. The van der Waals surface area contributed by atoms with Crippen molar-refractivity contribution >= 4 is 33.0 Å². The molecule has 2 rings (SSSR count). The Labute approximate surface area is 145 Å². The highest BCUT2D eigenvalue weighted by Crippen LogP contribution is 2.20. The van der Waals surface area contributed by atoms with Gasteiger partial charge in [0.15, 0.2) is 0 Å². The third-order valence-corrected chi connectivity index (χ3v) is 6.66. The van der Waals surface area contributed by atoms with Crippen LogP contribution in [0.25, 0.3) is 0 Å². The minimum atomic E-state index is -3.50. The minimum Gasteiger partial charge on any atom is -0.324 e. The summed E-state index contributed by atoms with van der Waals surface area (Å²) in [6.45, 7) is 2.02. The van der Waals surface area contributed by atoms with Crippen molar-refractivity contribution in [2.75, 3.05) is 18.9 Å². The lowest BCUT2D eigenvalue weighted by atomic mass is 10.2. The molecule has 0 aliphatic rings. The predicted molar refractivity (Wildman–Crippen MR) is 93.1 cm³/mol. The molecule has 1 amide bonds. The molecule has 24 heavy (non-hydrogen) atoms. The van der Waals surface area contributed by atoms with Gasteiger partial charge >= 0.3 is 0 Å². The zero-order valence-corrected chi connectivity index (χ0v) is 15.1. The fourth-order valence-electron chi connectivity index (χ4n) is 2.09. The Morgan fingerprint density at radius 1 is 1.33 bits per heavy atom. The van der Waals surface area contributed by atoms with Crippen molar-refractivity contribution in [2.24, 2.45) is 0 Å². The molecule has 1 N–H and O–H groups in total. The maximum atomic E-state index is 13.6. The van der Waals surface area contributed by atoms with Crippen LogP contribution in [0.1, 0.15) is 18.4 Å². The van der Waals surface area contributed by atoms with Crippen LogP contribution in [0.4, 0.5) is 10.1 Å². The van der Waals surface area contributed by atoms with Crippen LogP contribution in [0.3, 0.4) is 0 Å². The third-order valence-electron chi connectivity index (χ3n) is 3.43. The van der Waals surface area contributed by atoms with E-state index in [1.54, 1.807) is 36.6 Å². The normalized spacial score (nSPS) is 11.7. The van der Waals surface area contributed by atoms with Crippen LogP contribution in [-0.2, 0) is 14.8 Å². The topological polar surface area (TPSA) is 66.5 Å². The van der Waals surface area contributed by atoms with E-state index >= 15 is 0 Å². The summed E-state index contributed by atoms with van der Waals surface area (Å²) < 4.78 is 39.5. The van der Waals surface area contributed by atoms with Gasteiger partial charge in [-0.25, -0.2) is 17.1 Å². The maximum Gasteiger partial charge on any atom is 0.252 e. The van der Waals surface area contributed by atoms with Gasteiger partial charge in [-0.1, -0.05) is 12.1 Å². The van der Waals surface area contributed by atoms with E-state index in [-0.39, 0.29) is 28.8 Å². The van der Waals surface area contributed by atoms with Crippen LogP contribution in [-0.4, -0.2) is 32.2 Å². The number of anilines is 1. The second kappa shape index (κ2) is 7.87. The number of hydrogen-bond donors (Lipinski definition) is 1. The first kappa shape index (κ1) is 18.6. The van der Waals surface area contributed by atoms with Crippen molar-refractivity contribution in [3.05, 3.63) is 47.1 Å². The number of rotatable bonds is 7. The van der Waals surface area contributed by atoms with Crippen molar-refractivity contribution in [1.29, 1.82) is 0 Å². The zero-order chi connectivity index (χ0) is 17.7. The first-order valence-electron chi connectivity index (χ1n) is 7.36. The molecule has 1 aromatic carbocycles. The Morgan fingerprint density at radius 2 is 2.08 bits per heavy atom. The Balaban J connectivity index is 1.85. The number of benzene rings is 1. The molecule has 8 heteroatoms. The number of hydrogen-bond acceptors (Lipinski definition) is 4. The molecule has 0 aliphatic heterocycles. The molecular weight excluding hydrogens is 351 g/mol. The van der Waals surface area contributed by atoms with Crippen molar-refractivity contribution in [3.8, 4) is 0 Å². The molecule has 130 valence electrons. The van der Waals surface area contributed by atoms with Gasteiger partial charge in [0.05, 0.1) is 5.69 Å². The molecule has 0 atom stereocenters. The van der Waals surface area contributed by atoms with Crippen LogP contribution < -0.4 is 5.32 Å². The van der Waals surface area contributed by atoms with Gasteiger partial charge in [0.2, 0.25) is 5.91 Å². The molecular formula is C16H19FN2O3S2. The Morgan fingerprint density at radius 3 is 2.75 bits per heavy atom. The molecule has 0 bridgehead atoms. The van der Waals surface area contributed by atoms with Gasteiger partial charge in [-0.3, -0.25) is 4.79 Å². The van der Waals surface area contributed by atoms with Gasteiger partial charge in [-0.05, 0) is 42.5 Å². The van der Waals surface area contributed by atoms with E-state index in [1.165, 1.54) is 17.4 Å². The molecule has 5 nitrogen and oxygen atoms in total. The van der Waals surface area contributed by atoms with E-state index in [0.717, 1.165) is 16.9 Å². The zero-order valence-electron chi connectivity index (χ0n) is 13.5. The standard InChI is InChI=1S/C16H19FN2O3S2/c1-12-7-8-13(17)14(11-12)18-15(20)5-3-9-19(2)24(21,22)16-6-4-10-23-16/h4,6-8,10-11H,3,5,9H2,1-2H3,(H,18,20). The summed E-state index contributed by atoms with van der Waals surface area (Å²) in [7, 11) is -2.03. The van der Waals surface area contributed by atoms with E-state index in [4.69, 9.17) is 0 Å². The average molecular weight is 370 g/mol. The van der Waals surface area contributed by atoms with E-state index in [9.17, 15) is 17.6 Å². The largest absolute Gasteiger partial charge is 0.324 e. The molecule has 0 spiro atoms. The number of thiophene rings is 1. The van der Waals surface area contributed by atoms with Crippen LogP contribution in [0.2, 0.25) is 0 Å². The first-order valence-corrected chi connectivity index (χ1v) is 9.68. The molecule has 1 heterocycles. The summed E-state index contributed by atoms with van der Waals surface area (Å²) in [5.41, 5.74) is 0.980. The number of carbonyl (C=O) groups is 1. The number of nitrogens with one attached hydrogen (secondary N) is 1. The lowest BCUT2D eigenvalue weighted by Crippen LogP contribution is -2.28. The minimum absolute atomic E-state index is 0.109. The van der Waals surface area contributed by atoms with E-state index < -0.39 is 15.8 Å². The lowest BCUT2D eigenvalue weighted by Gasteiger charge is -2.15. The lowest BCUT2D eigenvalue weighted by molar-refractivity contribution is -0.116. The highest BCUT2D eigenvalue weighted by Gasteiger charge is 2.21. The highest BCUT2D eigenvalue weighted by molar-refractivity contribution is 7.91. The Hall–Kier alpha value is -1.77. The smallest absolute Gasteiger partial charge is 0.252 e. The summed E-state index contributed by atoms with van der Waals surface area (Å²) >= 11 is 1.15. The van der Waals surface area contributed by atoms with Crippen molar-refractivity contribution < 1.29 is 17.6 Å². The molecule has 1 aromatic heterocycles. The van der Waals surface area contributed by atoms with Crippen LogP contribution in [0.5, 0.6) is 0 Å². The van der Waals surface area contributed by atoms with Crippen molar-refractivity contribution in [2.45, 2.75) is 24.0 Å². The van der Waals surface area contributed by atoms with Crippen LogP contribution in [0, 0.1) is 12.7 Å². The maximum absolute atomic E-state index is 13.6. The monoisotopic (exact) mass is 370 g/mol. The van der Waals surface area contributed by atoms with Gasteiger partial charge in [-0.2, -0.15) is 0 Å². The van der Waals surface area contributed by atoms with Gasteiger partial charge in [-0.15, -0.1) is 11.3 Å². The highest BCUT2D eigenvalue weighted by atomic mass is 32.2. The number of aryl methyl sites for hydroxylation is 1. The average Bonchev–Trinajstić information content (AvgIpc) is 3.06. The summed E-state index contributed by atoms with van der Waals surface area (Å²) in [4.78, 5) is 11.9. The predicted octanol–water partition coefficient (Wildman–Crippen LogP) is 3.24.